The summed E-state index contributed by atoms with van der Waals surface area (Å²) in [7, 11) is 0.0639. The number of aryl methyl sites for hydroxylation is 1. The van der Waals surface area contributed by atoms with Crippen molar-refractivity contribution in [2.75, 3.05) is 0 Å². The van der Waals surface area contributed by atoms with Crippen LogP contribution in [0.2, 0.25) is 0 Å². The molecule has 0 bridgehead atoms. The zero-order valence-corrected chi connectivity index (χ0v) is 26.7. The first-order chi connectivity index (χ1) is 21.4. The highest BCUT2D eigenvalue weighted by Gasteiger charge is 2.50. The van der Waals surface area contributed by atoms with Crippen LogP contribution in [0.15, 0.2) is 59.5 Å². The number of aromatic nitrogens is 5. The van der Waals surface area contributed by atoms with Crippen LogP contribution < -0.4 is 4.72 Å². The van der Waals surface area contributed by atoms with Gasteiger partial charge in [-0.25, -0.2) is 23.0 Å². The Hall–Kier alpha value is -3.49. The fourth-order valence-electron chi connectivity index (χ4n) is 5.77. The molecule has 3 aromatic heterocycles. The number of ketones is 1. The number of carbonyl (C=O) groups excluding carboxylic acids is 1. The molecule has 14 heteroatoms. The van der Waals surface area contributed by atoms with E-state index in [1.54, 1.807) is 42.3 Å². The summed E-state index contributed by atoms with van der Waals surface area (Å²) in [5.74, 6) is -0.891. The molecule has 1 fully saturated rings. The number of alkyl halides is 3. The van der Waals surface area contributed by atoms with Crippen molar-refractivity contribution in [1.82, 2.24) is 29.3 Å². The molecule has 6 rings (SSSR count). The van der Waals surface area contributed by atoms with E-state index < -0.39 is 33.2 Å². The highest BCUT2D eigenvalue weighted by atomic mass is 32.2. The molecule has 3 heterocycles. The number of nitrogens with one attached hydrogen (secondary N) is 1. The zero-order chi connectivity index (χ0) is 32.4. The summed E-state index contributed by atoms with van der Waals surface area (Å²) in [5, 5.41) is 8.76. The van der Waals surface area contributed by atoms with E-state index >= 15 is 0 Å². The van der Waals surface area contributed by atoms with Crippen molar-refractivity contribution in [3.8, 4) is 5.69 Å². The van der Waals surface area contributed by atoms with Gasteiger partial charge in [-0.15, -0.1) is 11.3 Å². The fraction of sp³-hybridized carbons (Fsp3) is 0.419. The molecular weight excluding hydrogens is 629 g/mol. The number of hydrogen-bond acceptors (Lipinski definition) is 6. The number of unbranched alkanes of at least 4 members (excludes halogenated alkanes) is 2. The zero-order valence-electron chi connectivity index (χ0n) is 25.1. The van der Waals surface area contributed by atoms with Gasteiger partial charge in [0.15, 0.2) is 10.0 Å². The van der Waals surface area contributed by atoms with Crippen LogP contribution in [0.25, 0.3) is 11.8 Å². The molecule has 0 amide bonds. The summed E-state index contributed by atoms with van der Waals surface area (Å²) in [6, 6.07) is 7.09. The molecule has 3 unspecified atom stereocenters. The molecule has 0 saturated heterocycles. The lowest BCUT2D eigenvalue weighted by molar-refractivity contribution is -0.134. The second-order valence-electron chi connectivity index (χ2n) is 11.2. The average molecular weight is 663 g/mol. The maximum Gasteiger partial charge on any atom is 0.427 e. The maximum atomic E-state index is 14.1. The third-order valence-corrected chi connectivity index (χ3v) is 10.2. The van der Waals surface area contributed by atoms with Gasteiger partial charge in [-0.1, -0.05) is 38.7 Å². The number of benzene rings is 1. The van der Waals surface area contributed by atoms with Gasteiger partial charge in [-0.2, -0.15) is 23.4 Å². The van der Waals surface area contributed by atoms with Gasteiger partial charge in [-0.3, -0.25) is 9.48 Å². The van der Waals surface area contributed by atoms with Crippen molar-refractivity contribution in [3.05, 3.63) is 81.5 Å². The van der Waals surface area contributed by atoms with E-state index in [-0.39, 0.29) is 29.7 Å². The third-order valence-electron chi connectivity index (χ3n) is 8.01. The lowest BCUT2D eigenvalue weighted by Gasteiger charge is -2.43. The number of nitrogens with zero attached hydrogens (tertiary/aromatic N) is 5. The molecule has 0 spiro atoms. The summed E-state index contributed by atoms with van der Waals surface area (Å²) < 4.78 is 72.8. The van der Waals surface area contributed by atoms with Gasteiger partial charge >= 0.3 is 6.18 Å². The highest BCUT2D eigenvalue weighted by molar-refractivity contribution is 7.83. The van der Waals surface area contributed by atoms with Gasteiger partial charge < -0.3 is 0 Å². The number of fused-ring (bicyclic) bond motifs is 2. The third kappa shape index (κ3) is 7.02. The first-order valence-electron chi connectivity index (χ1n) is 14.7. The lowest BCUT2D eigenvalue weighted by Crippen LogP contribution is -2.48. The van der Waals surface area contributed by atoms with Crippen LogP contribution >= 0.6 is 11.3 Å². The predicted octanol–water partition coefficient (Wildman–Crippen LogP) is 7.09. The minimum Gasteiger partial charge on any atom is -0.290 e. The summed E-state index contributed by atoms with van der Waals surface area (Å²) >= 11 is 0.329. The molecule has 4 aromatic rings. The number of Topliss-reactive ketones (excluding diaryl/α,β-unsaturated/α-hetero) is 1. The number of allylic oxidation sites excluding steroid dienone is 1. The summed E-state index contributed by atoms with van der Waals surface area (Å²) in [4.78, 5) is 17.0. The van der Waals surface area contributed by atoms with E-state index in [1.807, 2.05) is 6.08 Å². The Kier molecular flexibility index (Phi) is 9.85. The largest absolute Gasteiger partial charge is 0.427 e. The second kappa shape index (κ2) is 13.5. The number of halogens is 4. The van der Waals surface area contributed by atoms with Crippen LogP contribution in [0.1, 0.15) is 78.3 Å². The highest BCUT2D eigenvalue weighted by Crippen LogP contribution is 2.51. The first kappa shape index (κ1) is 32.9. The molecule has 2 aliphatic rings. The Bertz CT molecular complexity index is 1710. The SMILES string of the molecule is CCCCC.Cn1ccc(S(=O)NC2CCC3=Cc4c(cnn4-c4ccc(F)cc4)CC3(C(=O)c3ncc(C(F)(F)F)s3)C2)n1. The van der Waals surface area contributed by atoms with Gasteiger partial charge in [0, 0.05) is 19.3 Å². The van der Waals surface area contributed by atoms with Crippen LogP contribution in [0.5, 0.6) is 0 Å². The molecule has 1 N–H and O–H groups in total. The van der Waals surface area contributed by atoms with Crippen LogP contribution in [0.4, 0.5) is 17.6 Å². The molecule has 240 valence electrons. The lowest BCUT2D eigenvalue weighted by atomic mass is 9.61. The number of hydrogen-bond donors (Lipinski definition) is 1. The Labute approximate surface area is 265 Å². The minimum atomic E-state index is -4.61. The van der Waals surface area contributed by atoms with Crippen LogP contribution in [-0.4, -0.2) is 40.6 Å². The average Bonchev–Trinajstić information content (AvgIpc) is 3.77. The molecule has 0 aliphatic heterocycles. The van der Waals surface area contributed by atoms with E-state index in [9.17, 15) is 26.6 Å². The number of thiazole rings is 1. The smallest absolute Gasteiger partial charge is 0.290 e. The van der Waals surface area contributed by atoms with E-state index in [0.29, 0.717) is 41.1 Å². The van der Waals surface area contributed by atoms with Crippen LogP contribution in [0, 0.1) is 11.2 Å². The Morgan fingerprint density at radius 2 is 1.89 bits per heavy atom. The standard InChI is InChI=1S/C26H22F4N6O2S2.C5H12/c1-35-9-8-22(33-35)40(38)34-18-5-2-16-10-20-15(13-32-36(20)19-6-3-17(27)4-7-19)11-25(16,12-18)23(37)24-31-14-21(39-24)26(28,29)30;1-3-5-4-2/h3-4,6-10,13-14,18,34H,2,5,11-12H2,1H3;3-5H2,1-2H3. The van der Waals surface area contributed by atoms with Crippen molar-refractivity contribution in [3.63, 3.8) is 0 Å². The van der Waals surface area contributed by atoms with Crippen molar-refractivity contribution < 1.29 is 26.6 Å². The van der Waals surface area contributed by atoms with Crippen LogP contribution in [-0.2, 0) is 30.6 Å². The summed E-state index contributed by atoms with van der Waals surface area (Å²) in [6.45, 7) is 4.42. The quantitative estimate of drug-likeness (QED) is 0.161. The Balaban J connectivity index is 0.000000743. The minimum absolute atomic E-state index is 0.184. The molecular formula is C31H34F4N6O2S2. The Morgan fingerprint density at radius 1 is 1.16 bits per heavy atom. The second-order valence-corrected chi connectivity index (χ2v) is 13.5. The van der Waals surface area contributed by atoms with Crippen molar-refractivity contribution in [2.45, 2.75) is 76.0 Å². The Morgan fingerprint density at radius 3 is 2.49 bits per heavy atom. The normalized spacial score (nSPS) is 20.0. The van der Waals surface area contributed by atoms with Crippen molar-refractivity contribution >= 4 is 34.2 Å². The van der Waals surface area contributed by atoms with Gasteiger partial charge in [0.1, 0.15) is 21.7 Å². The van der Waals surface area contributed by atoms with E-state index in [4.69, 9.17) is 0 Å². The molecule has 8 nitrogen and oxygen atoms in total. The fourth-order valence-corrected chi connectivity index (χ4v) is 7.61. The van der Waals surface area contributed by atoms with Gasteiger partial charge in [0.25, 0.3) is 0 Å². The summed E-state index contributed by atoms with van der Waals surface area (Å²) in [6.07, 6.45) is 6.68. The topological polar surface area (TPSA) is 94.7 Å². The maximum absolute atomic E-state index is 14.1. The van der Waals surface area contributed by atoms with Gasteiger partial charge in [0.2, 0.25) is 5.78 Å². The van der Waals surface area contributed by atoms with Gasteiger partial charge in [0.05, 0.1) is 29.2 Å². The van der Waals surface area contributed by atoms with E-state index in [0.717, 1.165) is 16.8 Å². The van der Waals surface area contributed by atoms with Gasteiger partial charge in [-0.05, 0) is 67.7 Å². The molecule has 0 radical (unpaired) electrons. The van der Waals surface area contributed by atoms with E-state index in [2.05, 4.69) is 33.8 Å². The molecule has 1 aromatic carbocycles. The van der Waals surface area contributed by atoms with E-state index in [1.165, 1.54) is 36.1 Å². The van der Waals surface area contributed by atoms with Crippen LogP contribution in [0.3, 0.4) is 0 Å². The summed E-state index contributed by atoms with van der Waals surface area (Å²) in [5.41, 5.74) is 1.63. The molecule has 1 saturated carbocycles. The molecule has 45 heavy (non-hydrogen) atoms. The first-order valence-corrected chi connectivity index (χ1v) is 16.7. The number of rotatable bonds is 8. The monoisotopic (exact) mass is 662 g/mol. The molecule has 2 aliphatic carbocycles. The predicted molar refractivity (Wildman–Crippen MR) is 165 cm³/mol. The molecule has 3 atom stereocenters. The number of carbonyl (C=O) groups is 1. The van der Waals surface area contributed by atoms with Crippen molar-refractivity contribution in [2.24, 2.45) is 12.5 Å². The van der Waals surface area contributed by atoms with Crippen molar-refractivity contribution in [1.29, 1.82) is 0 Å².